The van der Waals surface area contributed by atoms with Gasteiger partial charge in [-0.3, -0.25) is 10.2 Å². The smallest absolute Gasteiger partial charge is 0.407 e. The van der Waals surface area contributed by atoms with Gasteiger partial charge in [0.05, 0.1) is 7.11 Å². The number of ether oxygens (including phenoxy) is 1. The van der Waals surface area contributed by atoms with Crippen LogP contribution in [0.3, 0.4) is 0 Å². The Morgan fingerprint density at radius 3 is 2.88 bits per heavy atom. The number of methoxy groups -OCH3 is 1. The number of carbonyl (C=O) groups is 2. The molecule has 0 aliphatic carbocycles. The molecule has 98 valence electrons. The Labute approximate surface area is 101 Å². The molecule has 1 heterocycles. The summed E-state index contributed by atoms with van der Waals surface area (Å²) in [6, 6.07) is 0.0931. The van der Waals surface area contributed by atoms with E-state index >= 15 is 0 Å². The van der Waals surface area contributed by atoms with Crippen LogP contribution in [0.15, 0.2) is 0 Å². The highest BCUT2D eigenvalue weighted by atomic mass is 16.5. The van der Waals surface area contributed by atoms with Gasteiger partial charge in [-0.05, 0) is 6.42 Å². The maximum atomic E-state index is 11.3. The third kappa shape index (κ3) is 4.20. The van der Waals surface area contributed by atoms with E-state index in [1.54, 1.807) is 0 Å². The summed E-state index contributed by atoms with van der Waals surface area (Å²) in [4.78, 5) is 24.4. The van der Waals surface area contributed by atoms with E-state index in [1.165, 1.54) is 7.11 Å². The Kier molecular flexibility index (Phi) is 5.17. The molecule has 0 aromatic carbocycles. The third-order valence-electron chi connectivity index (χ3n) is 2.90. The molecule has 0 saturated carbocycles. The average molecular weight is 244 g/mol. The van der Waals surface area contributed by atoms with Crippen LogP contribution < -0.4 is 16.6 Å². The topological polar surface area (TPSA) is 96.7 Å². The van der Waals surface area contributed by atoms with E-state index in [4.69, 9.17) is 5.84 Å². The Bertz CT molecular complexity index is 285. The predicted octanol–water partition coefficient (Wildman–Crippen LogP) is -0.957. The Morgan fingerprint density at radius 2 is 2.29 bits per heavy atom. The van der Waals surface area contributed by atoms with E-state index in [-0.39, 0.29) is 17.9 Å². The second kappa shape index (κ2) is 6.41. The zero-order chi connectivity index (χ0) is 12.8. The van der Waals surface area contributed by atoms with E-state index in [9.17, 15) is 9.59 Å². The molecule has 1 saturated heterocycles. The molecule has 17 heavy (non-hydrogen) atoms. The van der Waals surface area contributed by atoms with Crippen molar-refractivity contribution in [2.45, 2.75) is 19.4 Å². The SMILES string of the molecule is COC(=O)NC1CCN(CC(C)C(=O)NN)C1. The summed E-state index contributed by atoms with van der Waals surface area (Å²) in [5.41, 5.74) is 2.14. The van der Waals surface area contributed by atoms with Gasteiger partial charge < -0.3 is 15.0 Å². The summed E-state index contributed by atoms with van der Waals surface area (Å²) in [6.07, 6.45) is 0.455. The zero-order valence-electron chi connectivity index (χ0n) is 10.2. The van der Waals surface area contributed by atoms with Crippen molar-refractivity contribution in [2.75, 3.05) is 26.7 Å². The van der Waals surface area contributed by atoms with Gasteiger partial charge in [0, 0.05) is 31.6 Å². The molecular formula is C10H20N4O3. The molecule has 2 amide bonds. The molecule has 1 aliphatic rings. The number of rotatable bonds is 4. The maximum Gasteiger partial charge on any atom is 0.407 e. The molecule has 0 bridgehead atoms. The molecule has 7 nitrogen and oxygen atoms in total. The van der Waals surface area contributed by atoms with Gasteiger partial charge in [0.15, 0.2) is 0 Å². The molecular weight excluding hydrogens is 224 g/mol. The molecule has 1 fully saturated rings. The number of hydrazine groups is 1. The van der Waals surface area contributed by atoms with E-state index in [0.29, 0.717) is 6.54 Å². The van der Waals surface area contributed by atoms with Gasteiger partial charge in [0.2, 0.25) is 5.91 Å². The minimum Gasteiger partial charge on any atom is -0.453 e. The lowest BCUT2D eigenvalue weighted by Gasteiger charge is -2.19. The second-order valence-electron chi connectivity index (χ2n) is 4.29. The standard InChI is InChI=1S/C10H20N4O3/c1-7(9(15)13-11)5-14-4-3-8(6-14)12-10(16)17-2/h7-8H,3-6,11H2,1-2H3,(H,12,16)(H,13,15). The van der Waals surface area contributed by atoms with Crippen molar-refractivity contribution in [3.8, 4) is 0 Å². The second-order valence-corrected chi connectivity index (χ2v) is 4.29. The van der Waals surface area contributed by atoms with Crippen molar-refractivity contribution in [1.82, 2.24) is 15.6 Å². The van der Waals surface area contributed by atoms with Crippen LogP contribution in [0.5, 0.6) is 0 Å². The number of nitrogens with one attached hydrogen (secondary N) is 2. The normalized spacial score (nSPS) is 21.9. The quantitative estimate of drug-likeness (QED) is 0.336. The number of nitrogens with zero attached hydrogens (tertiary/aromatic N) is 1. The number of amides is 2. The molecule has 4 N–H and O–H groups in total. The first-order valence-corrected chi connectivity index (χ1v) is 5.64. The minimum atomic E-state index is -0.412. The molecule has 0 aromatic heterocycles. The van der Waals surface area contributed by atoms with Crippen molar-refractivity contribution in [2.24, 2.45) is 11.8 Å². The lowest BCUT2D eigenvalue weighted by atomic mass is 10.1. The first kappa shape index (κ1) is 13.7. The number of carbonyl (C=O) groups excluding carboxylic acids is 2. The summed E-state index contributed by atoms with van der Waals surface area (Å²) >= 11 is 0. The largest absolute Gasteiger partial charge is 0.453 e. The monoisotopic (exact) mass is 244 g/mol. The van der Waals surface area contributed by atoms with Gasteiger partial charge in [-0.2, -0.15) is 0 Å². The van der Waals surface area contributed by atoms with Crippen molar-refractivity contribution < 1.29 is 14.3 Å². The van der Waals surface area contributed by atoms with Gasteiger partial charge in [-0.1, -0.05) is 6.92 Å². The molecule has 0 spiro atoms. The number of likely N-dealkylation sites (tertiary alicyclic amines) is 1. The molecule has 1 rings (SSSR count). The molecule has 1 aliphatic heterocycles. The van der Waals surface area contributed by atoms with Gasteiger partial charge in [-0.15, -0.1) is 0 Å². The summed E-state index contributed by atoms with van der Waals surface area (Å²) < 4.78 is 4.53. The Hall–Kier alpha value is -1.34. The zero-order valence-corrected chi connectivity index (χ0v) is 10.2. The molecule has 0 aromatic rings. The van der Waals surface area contributed by atoms with E-state index in [1.807, 2.05) is 6.92 Å². The average Bonchev–Trinajstić information content (AvgIpc) is 2.75. The molecule has 2 unspecified atom stereocenters. The van der Waals surface area contributed by atoms with Crippen LogP contribution in [0.1, 0.15) is 13.3 Å². The summed E-state index contributed by atoms with van der Waals surface area (Å²) in [5, 5.41) is 2.75. The highest BCUT2D eigenvalue weighted by molar-refractivity contribution is 5.77. The van der Waals surface area contributed by atoms with E-state index in [0.717, 1.165) is 19.5 Å². The number of alkyl carbamates (subject to hydrolysis) is 1. The lowest BCUT2D eigenvalue weighted by molar-refractivity contribution is -0.125. The van der Waals surface area contributed by atoms with Crippen molar-refractivity contribution in [1.29, 1.82) is 0 Å². The fourth-order valence-corrected chi connectivity index (χ4v) is 1.95. The fourth-order valence-electron chi connectivity index (χ4n) is 1.95. The third-order valence-corrected chi connectivity index (χ3v) is 2.90. The Morgan fingerprint density at radius 1 is 1.59 bits per heavy atom. The van der Waals surface area contributed by atoms with E-state index < -0.39 is 6.09 Å². The van der Waals surface area contributed by atoms with E-state index in [2.05, 4.69) is 20.4 Å². The maximum absolute atomic E-state index is 11.3. The minimum absolute atomic E-state index is 0.0931. The van der Waals surface area contributed by atoms with Crippen molar-refractivity contribution >= 4 is 12.0 Å². The van der Waals surface area contributed by atoms with Gasteiger partial charge in [0.1, 0.15) is 0 Å². The van der Waals surface area contributed by atoms with Gasteiger partial charge in [0.25, 0.3) is 0 Å². The van der Waals surface area contributed by atoms with Crippen LogP contribution in [0.2, 0.25) is 0 Å². The summed E-state index contributed by atoms with van der Waals surface area (Å²) in [7, 11) is 1.34. The van der Waals surface area contributed by atoms with Gasteiger partial charge in [-0.25, -0.2) is 10.6 Å². The highest BCUT2D eigenvalue weighted by Crippen LogP contribution is 2.11. The Balaban J connectivity index is 2.30. The van der Waals surface area contributed by atoms with Crippen LogP contribution in [-0.4, -0.2) is 49.7 Å². The highest BCUT2D eigenvalue weighted by Gasteiger charge is 2.26. The first-order chi connectivity index (χ1) is 8.06. The van der Waals surface area contributed by atoms with Crippen LogP contribution in [0.25, 0.3) is 0 Å². The fraction of sp³-hybridized carbons (Fsp3) is 0.800. The van der Waals surface area contributed by atoms with Crippen LogP contribution in [-0.2, 0) is 9.53 Å². The van der Waals surface area contributed by atoms with Crippen LogP contribution >= 0.6 is 0 Å². The molecule has 2 atom stereocenters. The number of nitrogens with two attached hydrogens (primary N) is 1. The lowest BCUT2D eigenvalue weighted by Crippen LogP contribution is -2.41. The van der Waals surface area contributed by atoms with Crippen molar-refractivity contribution in [3.05, 3.63) is 0 Å². The van der Waals surface area contributed by atoms with Crippen LogP contribution in [0.4, 0.5) is 4.79 Å². The number of hydrogen-bond donors (Lipinski definition) is 3. The predicted molar refractivity (Wildman–Crippen MR) is 61.9 cm³/mol. The van der Waals surface area contributed by atoms with Crippen molar-refractivity contribution in [3.63, 3.8) is 0 Å². The van der Waals surface area contributed by atoms with Gasteiger partial charge >= 0.3 is 6.09 Å². The van der Waals surface area contributed by atoms with Crippen LogP contribution in [0, 0.1) is 5.92 Å². The summed E-state index contributed by atoms with van der Waals surface area (Å²) in [5.74, 6) is 4.74. The summed E-state index contributed by atoms with van der Waals surface area (Å²) in [6.45, 7) is 4.06. The first-order valence-electron chi connectivity index (χ1n) is 5.64. The molecule has 7 heteroatoms. The molecule has 0 radical (unpaired) electrons. The number of hydrogen-bond acceptors (Lipinski definition) is 5.